The van der Waals surface area contributed by atoms with Gasteiger partial charge in [0.05, 0.1) is 25.1 Å². The van der Waals surface area contributed by atoms with Crippen molar-refractivity contribution in [3.63, 3.8) is 0 Å². The van der Waals surface area contributed by atoms with Crippen molar-refractivity contribution in [1.82, 2.24) is 9.97 Å². The molecule has 1 aliphatic rings. The predicted octanol–water partition coefficient (Wildman–Crippen LogP) is 3.26. The molecule has 1 aromatic heterocycles. The molecule has 2 aromatic rings. The maximum atomic E-state index is 9.25. The standard InChI is InChI=1S/C16H17N3O/c1-10-6-11(2)14(13(7-10)20-3)12-8-18-15(19-12)16(9-17)4-5-16/h6-8H,4-5H2,1-3H3,(H,18,19). The highest BCUT2D eigenvalue weighted by Gasteiger charge is 2.47. The third kappa shape index (κ3) is 1.87. The summed E-state index contributed by atoms with van der Waals surface area (Å²) in [6, 6.07) is 6.50. The molecule has 0 saturated heterocycles. The molecule has 0 radical (unpaired) electrons. The molecule has 1 aromatic carbocycles. The van der Waals surface area contributed by atoms with Gasteiger partial charge in [-0.15, -0.1) is 0 Å². The summed E-state index contributed by atoms with van der Waals surface area (Å²) in [4.78, 5) is 7.71. The van der Waals surface area contributed by atoms with Crippen molar-refractivity contribution < 1.29 is 4.74 Å². The highest BCUT2D eigenvalue weighted by Crippen LogP contribution is 2.46. The van der Waals surface area contributed by atoms with Gasteiger partial charge in [-0.1, -0.05) is 6.07 Å². The molecule has 1 N–H and O–H groups in total. The first-order valence-corrected chi connectivity index (χ1v) is 6.72. The van der Waals surface area contributed by atoms with E-state index in [4.69, 9.17) is 4.74 Å². The number of ether oxygens (including phenoxy) is 1. The third-order valence-corrected chi connectivity index (χ3v) is 3.93. The first-order valence-electron chi connectivity index (χ1n) is 6.72. The van der Waals surface area contributed by atoms with Crippen LogP contribution >= 0.6 is 0 Å². The fraction of sp³-hybridized carbons (Fsp3) is 0.375. The highest BCUT2D eigenvalue weighted by molar-refractivity contribution is 5.71. The molecule has 0 atom stereocenters. The first kappa shape index (κ1) is 12.7. The zero-order valence-electron chi connectivity index (χ0n) is 11.9. The van der Waals surface area contributed by atoms with E-state index in [-0.39, 0.29) is 5.41 Å². The predicted molar refractivity (Wildman–Crippen MR) is 76.6 cm³/mol. The van der Waals surface area contributed by atoms with Gasteiger partial charge in [0, 0.05) is 5.56 Å². The smallest absolute Gasteiger partial charge is 0.128 e. The number of rotatable bonds is 3. The minimum atomic E-state index is -0.385. The molecule has 0 aliphatic heterocycles. The summed E-state index contributed by atoms with van der Waals surface area (Å²) in [5.74, 6) is 1.61. The van der Waals surface area contributed by atoms with Crippen LogP contribution in [-0.2, 0) is 5.41 Å². The number of aromatic nitrogens is 2. The Hall–Kier alpha value is -2.28. The molecule has 102 valence electrons. The fourth-order valence-electron chi connectivity index (χ4n) is 2.65. The van der Waals surface area contributed by atoms with Crippen molar-refractivity contribution in [3.05, 3.63) is 35.3 Å². The monoisotopic (exact) mass is 267 g/mol. The van der Waals surface area contributed by atoms with E-state index in [2.05, 4.69) is 29.0 Å². The molecule has 20 heavy (non-hydrogen) atoms. The second-order valence-corrected chi connectivity index (χ2v) is 5.50. The van der Waals surface area contributed by atoms with Crippen molar-refractivity contribution in [2.45, 2.75) is 32.1 Å². The molecule has 0 amide bonds. The van der Waals surface area contributed by atoms with Crippen molar-refractivity contribution in [1.29, 1.82) is 5.26 Å². The number of methoxy groups -OCH3 is 1. The minimum absolute atomic E-state index is 0.385. The van der Waals surface area contributed by atoms with Gasteiger partial charge in [0.15, 0.2) is 0 Å². The average Bonchev–Trinajstić information content (AvgIpc) is 3.09. The molecule has 0 bridgehead atoms. The first-order chi connectivity index (χ1) is 9.59. The number of nitrogens with one attached hydrogen (secondary N) is 1. The van der Waals surface area contributed by atoms with Gasteiger partial charge in [-0.2, -0.15) is 5.26 Å². The van der Waals surface area contributed by atoms with E-state index >= 15 is 0 Å². The van der Waals surface area contributed by atoms with Crippen molar-refractivity contribution >= 4 is 0 Å². The summed E-state index contributed by atoms with van der Waals surface area (Å²) >= 11 is 0. The third-order valence-electron chi connectivity index (χ3n) is 3.93. The van der Waals surface area contributed by atoms with Gasteiger partial charge in [0.25, 0.3) is 0 Å². The Morgan fingerprint density at radius 3 is 2.70 bits per heavy atom. The number of hydrogen-bond donors (Lipinski definition) is 1. The number of imidazole rings is 1. The SMILES string of the molecule is COc1cc(C)cc(C)c1-c1cnc(C2(C#N)CC2)[nH]1. The molecule has 0 spiro atoms. The summed E-state index contributed by atoms with van der Waals surface area (Å²) < 4.78 is 5.49. The topological polar surface area (TPSA) is 61.7 Å². The lowest BCUT2D eigenvalue weighted by atomic mass is 10.0. The van der Waals surface area contributed by atoms with Crippen LogP contribution in [0.5, 0.6) is 5.75 Å². The van der Waals surface area contributed by atoms with E-state index in [1.54, 1.807) is 13.3 Å². The van der Waals surface area contributed by atoms with E-state index < -0.39 is 0 Å². The quantitative estimate of drug-likeness (QED) is 0.928. The van der Waals surface area contributed by atoms with Gasteiger partial charge in [0.1, 0.15) is 17.0 Å². The van der Waals surface area contributed by atoms with Gasteiger partial charge in [-0.25, -0.2) is 4.98 Å². The van der Waals surface area contributed by atoms with E-state index in [0.29, 0.717) is 0 Å². The van der Waals surface area contributed by atoms with Crippen LogP contribution in [-0.4, -0.2) is 17.1 Å². The summed E-state index contributed by atoms with van der Waals surface area (Å²) in [5.41, 5.74) is 3.85. The molecule has 3 rings (SSSR count). The summed E-state index contributed by atoms with van der Waals surface area (Å²) in [6.45, 7) is 4.11. The Kier molecular flexibility index (Phi) is 2.79. The highest BCUT2D eigenvalue weighted by atomic mass is 16.5. The number of nitrogens with zero attached hydrogens (tertiary/aromatic N) is 2. The van der Waals surface area contributed by atoms with E-state index in [0.717, 1.165) is 41.2 Å². The normalized spacial score (nSPS) is 15.7. The number of aromatic amines is 1. The van der Waals surface area contributed by atoms with Crippen molar-refractivity contribution in [2.24, 2.45) is 0 Å². The van der Waals surface area contributed by atoms with Gasteiger partial charge < -0.3 is 9.72 Å². The lowest BCUT2D eigenvalue weighted by molar-refractivity contribution is 0.415. The van der Waals surface area contributed by atoms with Crippen LogP contribution < -0.4 is 4.74 Å². The molecule has 0 unspecified atom stereocenters. The minimum Gasteiger partial charge on any atom is -0.496 e. The summed E-state index contributed by atoms with van der Waals surface area (Å²) in [6.07, 6.45) is 3.58. The van der Waals surface area contributed by atoms with E-state index in [1.165, 1.54) is 5.56 Å². The Morgan fingerprint density at radius 1 is 1.35 bits per heavy atom. The Morgan fingerprint density at radius 2 is 2.10 bits per heavy atom. The van der Waals surface area contributed by atoms with Crippen LogP contribution in [0.2, 0.25) is 0 Å². The number of aryl methyl sites for hydroxylation is 2. The molecule has 1 saturated carbocycles. The maximum absolute atomic E-state index is 9.25. The molecule has 1 heterocycles. The molecule has 4 nitrogen and oxygen atoms in total. The Labute approximate surface area is 118 Å². The van der Waals surface area contributed by atoms with Crippen LogP contribution in [0.3, 0.4) is 0 Å². The Bertz CT molecular complexity index is 705. The lowest BCUT2D eigenvalue weighted by Gasteiger charge is -2.11. The van der Waals surface area contributed by atoms with Gasteiger partial charge in [-0.3, -0.25) is 0 Å². The van der Waals surface area contributed by atoms with Crippen LogP contribution in [0.1, 0.15) is 29.8 Å². The second kappa shape index (κ2) is 4.38. The molecular formula is C16H17N3O. The zero-order chi connectivity index (χ0) is 14.3. The molecule has 4 heteroatoms. The maximum Gasteiger partial charge on any atom is 0.128 e. The van der Waals surface area contributed by atoms with Crippen LogP contribution in [0.4, 0.5) is 0 Å². The van der Waals surface area contributed by atoms with Gasteiger partial charge in [0.2, 0.25) is 0 Å². The summed E-state index contributed by atoms with van der Waals surface area (Å²) in [5, 5.41) is 9.25. The number of hydrogen-bond acceptors (Lipinski definition) is 3. The van der Waals surface area contributed by atoms with Gasteiger partial charge >= 0.3 is 0 Å². The van der Waals surface area contributed by atoms with Crippen molar-refractivity contribution in [3.8, 4) is 23.1 Å². The zero-order valence-corrected chi connectivity index (χ0v) is 11.9. The van der Waals surface area contributed by atoms with Gasteiger partial charge in [-0.05, 0) is 43.9 Å². The average molecular weight is 267 g/mol. The largest absolute Gasteiger partial charge is 0.496 e. The summed E-state index contributed by atoms with van der Waals surface area (Å²) in [7, 11) is 1.67. The van der Waals surface area contributed by atoms with Crippen molar-refractivity contribution in [2.75, 3.05) is 7.11 Å². The van der Waals surface area contributed by atoms with Crippen LogP contribution in [0, 0.1) is 25.2 Å². The molecule has 1 fully saturated rings. The van der Waals surface area contributed by atoms with Crippen LogP contribution in [0.15, 0.2) is 18.3 Å². The second-order valence-electron chi connectivity index (χ2n) is 5.50. The molecule has 1 aliphatic carbocycles. The fourth-order valence-corrected chi connectivity index (χ4v) is 2.65. The lowest BCUT2D eigenvalue weighted by Crippen LogP contribution is -2.04. The number of H-pyrrole nitrogens is 1. The number of nitriles is 1. The Balaban J connectivity index is 2.09. The molecular weight excluding hydrogens is 250 g/mol. The number of benzene rings is 1. The van der Waals surface area contributed by atoms with Crippen LogP contribution in [0.25, 0.3) is 11.3 Å². The van der Waals surface area contributed by atoms with E-state index in [1.807, 2.05) is 13.0 Å². The van der Waals surface area contributed by atoms with E-state index in [9.17, 15) is 5.26 Å².